The molecule has 1 rings (SSSR count). The zero-order chi connectivity index (χ0) is 11.4. The Labute approximate surface area is 91.0 Å². The number of primary amides is 1. The fraction of sp³-hybridized carbons (Fsp3) is 0.375. The number of carbonyl (C=O) groups is 2. The Morgan fingerprint density at radius 2 is 2.13 bits per heavy atom. The highest BCUT2D eigenvalue weighted by Crippen LogP contribution is 2.24. The van der Waals surface area contributed by atoms with Crippen LogP contribution in [0.1, 0.15) is 16.1 Å². The third-order valence-corrected chi connectivity index (χ3v) is 2.69. The van der Waals surface area contributed by atoms with Crippen LogP contribution in [0.5, 0.6) is 0 Å². The quantitative estimate of drug-likeness (QED) is 0.651. The van der Waals surface area contributed by atoms with Crippen LogP contribution in [0.2, 0.25) is 0 Å². The summed E-state index contributed by atoms with van der Waals surface area (Å²) in [5, 5.41) is 5.97. The van der Waals surface area contributed by atoms with Crippen molar-refractivity contribution in [1.82, 2.24) is 9.69 Å². The minimum absolute atomic E-state index is 0.0269. The Balaban J connectivity index is 3.10. The van der Waals surface area contributed by atoms with Gasteiger partial charge in [-0.2, -0.15) is 4.37 Å². The van der Waals surface area contributed by atoms with E-state index in [9.17, 15) is 9.59 Å². The van der Waals surface area contributed by atoms with Crippen molar-refractivity contribution in [2.45, 2.75) is 6.42 Å². The predicted octanol–water partition coefficient (Wildman–Crippen LogP) is -0.428. The third kappa shape index (κ3) is 2.44. The van der Waals surface area contributed by atoms with Crippen molar-refractivity contribution in [3.63, 3.8) is 0 Å². The minimum atomic E-state index is -0.506. The Bertz CT molecular complexity index is 388. The number of rotatable bonds is 4. The van der Waals surface area contributed by atoms with Crippen LogP contribution in [0.4, 0.5) is 5.00 Å². The molecule has 0 fully saturated rings. The molecule has 6 nitrogen and oxygen atoms in total. The fourth-order valence-electron chi connectivity index (χ4n) is 1.14. The Kier molecular flexibility index (Phi) is 3.62. The Hall–Kier alpha value is -1.63. The summed E-state index contributed by atoms with van der Waals surface area (Å²) < 4.78 is 4.01. The van der Waals surface area contributed by atoms with Crippen LogP contribution in [0.15, 0.2) is 0 Å². The summed E-state index contributed by atoms with van der Waals surface area (Å²) in [6, 6.07) is 0. The van der Waals surface area contributed by atoms with E-state index in [0.717, 1.165) is 11.5 Å². The maximum atomic E-state index is 11.5. The number of nitrogens with two attached hydrogens (primary N) is 1. The van der Waals surface area contributed by atoms with E-state index < -0.39 is 5.91 Å². The lowest BCUT2D eigenvalue weighted by molar-refractivity contribution is -0.117. The van der Waals surface area contributed by atoms with Gasteiger partial charge in [-0.15, -0.1) is 0 Å². The number of nitrogens with zero attached hydrogens (tertiary/aromatic N) is 1. The maximum absolute atomic E-state index is 11.5. The predicted molar refractivity (Wildman–Crippen MR) is 57.9 cm³/mol. The highest BCUT2D eigenvalue weighted by atomic mass is 32.1. The summed E-state index contributed by atoms with van der Waals surface area (Å²) in [5.41, 5.74) is 5.86. The second kappa shape index (κ2) is 4.74. The van der Waals surface area contributed by atoms with Gasteiger partial charge in [-0.05, 0) is 11.5 Å². The summed E-state index contributed by atoms with van der Waals surface area (Å²) in [5.74, 6) is -0.780. The standard InChI is InChI=1S/C8H12N4O2S/c1-10-7(14)6-4(3-5(9)13)12-15-8(6)11-2/h11H,3H2,1-2H3,(H2,9,13)(H,10,14). The summed E-state index contributed by atoms with van der Waals surface area (Å²) in [6.45, 7) is 0. The number of hydrogen-bond acceptors (Lipinski definition) is 5. The van der Waals surface area contributed by atoms with Gasteiger partial charge in [0.05, 0.1) is 17.7 Å². The van der Waals surface area contributed by atoms with Crippen molar-refractivity contribution in [2.75, 3.05) is 19.4 Å². The fourth-order valence-corrected chi connectivity index (χ4v) is 1.89. The number of amides is 2. The summed E-state index contributed by atoms with van der Waals surface area (Å²) in [4.78, 5) is 22.3. The van der Waals surface area contributed by atoms with E-state index in [1.54, 1.807) is 7.05 Å². The molecule has 0 saturated carbocycles. The summed E-state index contributed by atoms with van der Waals surface area (Å²) >= 11 is 1.13. The third-order valence-electron chi connectivity index (χ3n) is 1.79. The molecule has 0 aliphatic carbocycles. The molecule has 0 bridgehead atoms. The monoisotopic (exact) mass is 228 g/mol. The number of carbonyl (C=O) groups excluding carboxylic acids is 2. The lowest BCUT2D eigenvalue weighted by atomic mass is 10.1. The zero-order valence-corrected chi connectivity index (χ0v) is 9.27. The Morgan fingerprint density at radius 3 is 2.60 bits per heavy atom. The zero-order valence-electron chi connectivity index (χ0n) is 8.46. The normalized spacial score (nSPS) is 9.73. The van der Waals surface area contributed by atoms with E-state index in [0.29, 0.717) is 16.3 Å². The molecular formula is C8H12N4O2S. The lowest BCUT2D eigenvalue weighted by Gasteiger charge is -2.02. The number of anilines is 1. The van der Waals surface area contributed by atoms with Gasteiger partial charge in [-0.1, -0.05) is 0 Å². The lowest BCUT2D eigenvalue weighted by Crippen LogP contribution is -2.22. The molecule has 1 heterocycles. The first-order chi connectivity index (χ1) is 7.10. The van der Waals surface area contributed by atoms with Gasteiger partial charge in [0.25, 0.3) is 5.91 Å². The van der Waals surface area contributed by atoms with Gasteiger partial charge in [0, 0.05) is 14.1 Å². The van der Waals surface area contributed by atoms with Gasteiger partial charge in [0.1, 0.15) is 5.00 Å². The first-order valence-electron chi connectivity index (χ1n) is 4.26. The first-order valence-corrected chi connectivity index (χ1v) is 5.04. The topological polar surface area (TPSA) is 97.1 Å². The molecule has 0 atom stereocenters. The van der Waals surface area contributed by atoms with Crippen LogP contribution in [0, 0.1) is 0 Å². The van der Waals surface area contributed by atoms with Crippen molar-refractivity contribution in [3.8, 4) is 0 Å². The van der Waals surface area contributed by atoms with Gasteiger partial charge >= 0.3 is 0 Å². The van der Waals surface area contributed by atoms with Gasteiger partial charge in [-0.25, -0.2) is 0 Å². The van der Waals surface area contributed by atoms with Gasteiger partial charge < -0.3 is 16.4 Å². The second-order valence-electron chi connectivity index (χ2n) is 2.81. The van der Waals surface area contributed by atoms with Crippen LogP contribution in [-0.2, 0) is 11.2 Å². The summed E-state index contributed by atoms with van der Waals surface area (Å²) in [6.07, 6.45) is -0.0269. The first kappa shape index (κ1) is 11.4. The van der Waals surface area contributed by atoms with Gasteiger partial charge in [0.2, 0.25) is 5.91 Å². The molecule has 4 N–H and O–H groups in total. The smallest absolute Gasteiger partial charge is 0.255 e. The van der Waals surface area contributed by atoms with E-state index in [2.05, 4.69) is 15.0 Å². The molecule has 82 valence electrons. The molecule has 0 aromatic carbocycles. The maximum Gasteiger partial charge on any atom is 0.255 e. The molecule has 0 aliphatic heterocycles. The van der Waals surface area contributed by atoms with Crippen molar-refractivity contribution in [1.29, 1.82) is 0 Å². The number of hydrogen-bond donors (Lipinski definition) is 3. The molecule has 0 spiro atoms. The van der Waals surface area contributed by atoms with Crippen molar-refractivity contribution >= 4 is 28.3 Å². The molecule has 7 heteroatoms. The largest absolute Gasteiger partial charge is 0.378 e. The molecule has 15 heavy (non-hydrogen) atoms. The molecule has 0 saturated heterocycles. The van der Waals surface area contributed by atoms with E-state index in [1.165, 1.54) is 7.05 Å². The number of aromatic nitrogens is 1. The molecule has 2 amide bonds. The number of nitrogens with one attached hydrogen (secondary N) is 2. The second-order valence-corrected chi connectivity index (χ2v) is 3.58. The highest BCUT2D eigenvalue weighted by molar-refractivity contribution is 7.10. The van der Waals surface area contributed by atoms with Crippen LogP contribution in [0.25, 0.3) is 0 Å². The van der Waals surface area contributed by atoms with E-state index in [-0.39, 0.29) is 12.3 Å². The van der Waals surface area contributed by atoms with Crippen LogP contribution in [0.3, 0.4) is 0 Å². The van der Waals surface area contributed by atoms with Gasteiger partial charge in [-0.3, -0.25) is 9.59 Å². The molecule has 0 unspecified atom stereocenters. The molecular weight excluding hydrogens is 216 g/mol. The molecule has 0 radical (unpaired) electrons. The molecule has 1 aromatic heterocycles. The average Bonchev–Trinajstić information content (AvgIpc) is 2.58. The van der Waals surface area contributed by atoms with Crippen LogP contribution < -0.4 is 16.4 Å². The highest BCUT2D eigenvalue weighted by Gasteiger charge is 2.20. The van der Waals surface area contributed by atoms with Crippen molar-refractivity contribution < 1.29 is 9.59 Å². The SMILES string of the molecule is CNC(=O)c1c(CC(N)=O)nsc1NC. The molecule has 1 aromatic rings. The molecule has 0 aliphatic rings. The van der Waals surface area contributed by atoms with E-state index in [4.69, 9.17) is 5.73 Å². The van der Waals surface area contributed by atoms with Crippen LogP contribution in [-0.4, -0.2) is 30.3 Å². The van der Waals surface area contributed by atoms with Crippen molar-refractivity contribution in [3.05, 3.63) is 11.3 Å². The average molecular weight is 228 g/mol. The minimum Gasteiger partial charge on any atom is -0.378 e. The van der Waals surface area contributed by atoms with Crippen LogP contribution >= 0.6 is 11.5 Å². The Morgan fingerprint density at radius 1 is 1.47 bits per heavy atom. The van der Waals surface area contributed by atoms with E-state index in [1.807, 2.05) is 0 Å². The summed E-state index contributed by atoms with van der Waals surface area (Å²) in [7, 11) is 3.21. The van der Waals surface area contributed by atoms with Crippen molar-refractivity contribution in [2.24, 2.45) is 5.73 Å². The van der Waals surface area contributed by atoms with Gasteiger partial charge in [0.15, 0.2) is 0 Å². The van der Waals surface area contributed by atoms with E-state index >= 15 is 0 Å².